The third-order valence-electron chi connectivity index (χ3n) is 4.05. The molecule has 3 rings (SSSR count). The molecule has 19 heavy (non-hydrogen) atoms. The second-order valence-electron chi connectivity index (χ2n) is 5.18. The van der Waals surface area contributed by atoms with Crippen molar-refractivity contribution in [2.24, 2.45) is 5.92 Å². The minimum Gasteiger partial charge on any atom is -0.469 e. The minimum atomic E-state index is 0.109. The van der Waals surface area contributed by atoms with Gasteiger partial charge in [0.2, 0.25) is 0 Å². The number of carbonyl (C=O) groups excluding carboxylic acids is 1. The molecule has 0 bridgehead atoms. The number of furan rings is 1. The smallest absolute Gasteiger partial charge is 0.169 e. The molecular formula is C17H18O2. The second kappa shape index (κ2) is 5.04. The summed E-state index contributed by atoms with van der Waals surface area (Å²) in [5, 5.41) is 0. The molecule has 0 fully saturated rings. The summed E-state index contributed by atoms with van der Waals surface area (Å²) in [6.45, 7) is 2.02. The molecule has 1 atom stereocenters. The average molecular weight is 254 g/mol. The van der Waals surface area contributed by atoms with Crippen LogP contribution in [-0.2, 0) is 19.3 Å². The van der Waals surface area contributed by atoms with Crippen molar-refractivity contribution in [2.45, 2.75) is 32.6 Å². The molecule has 1 aliphatic rings. The highest BCUT2D eigenvalue weighted by Crippen LogP contribution is 2.29. The maximum absolute atomic E-state index is 12.6. The number of hydrogen-bond donors (Lipinski definition) is 0. The number of aryl methyl sites for hydroxylation is 2. The second-order valence-corrected chi connectivity index (χ2v) is 5.18. The molecule has 1 heterocycles. The van der Waals surface area contributed by atoms with Crippen LogP contribution in [-0.4, -0.2) is 5.78 Å². The van der Waals surface area contributed by atoms with Crippen molar-refractivity contribution in [2.75, 3.05) is 0 Å². The predicted molar refractivity (Wildman–Crippen MR) is 74.4 cm³/mol. The lowest BCUT2D eigenvalue weighted by Crippen LogP contribution is -2.23. The summed E-state index contributed by atoms with van der Waals surface area (Å²) in [4.78, 5) is 12.6. The van der Waals surface area contributed by atoms with E-state index >= 15 is 0 Å². The van der Waals surface area contributed by atoms with Crippen LogP contribution in [0.2, 0.25) is 0 Å². The van der Waals surface area contributed by atoms with Gasteiger partial charge >= 0.3 is 0 Å². The standard InChI is InChI=1S/C17H18O2/c1-2-16-15(9-10-19-16)17(18)14-8-7-12-5-3-4-6-13(12)11-14/h3-6,9-10,14H,2,7-8,11H2,1H3. The molecular weight excluding hydrogens is 236 g/mol. The summed E-state index contributed by atoms with van der Waals surface area (Å²) in [5.74, 6) is 1.18. The molecule has 1 aliphatic carbocycles. The van der Waals surface area contributed by atoms with E-state index in [4.69, 9.17) is 4.42 Å². The summed E-state index contributed by atoms with van der Waals surface area (Å²) < 4.78 is 5.37. The van der Waals surface area contributed by atoms with Crippen LogP contribution in [0.1, 0.15) is 40.6 Å². The Balaban J connectivity index is 1.83. The lowest BCUT2D eigenvalue weighted by Gasteiger charge is -2.23. The number of rotatable bonds is 3. The Morgan fingerprint density at radius 3 is 2.84 bits per heavy atom. The SMILES string of the molecule is CCc1occc1C(=O)C1CCc2ccccc2C1. The van der Waals surface area contributed by atoms with Gasteiger partial charge in [-0.25, -0.2) is 0 Å². The maximum atomic E-state index is 12.6. The number of carbonyl (C=O) groups is 1. The van der Waals surface area contributed by atoms with Crippen LogP contribution in [0, 0.1) is 5.92 Å². The summed E-state index contributed by atoms with van der Waals surface area (Å²) >= 11 is 0. The molecule has 1 aromatic carbocycles. The fraction of sp³-hybridized carbons (Fsp3) is 0.353. The summed E-state index contributed by atoms with van der Waals surface area (Å²) in [6, 6.07) is 10.3. The fourth-order valence-corrected chi connectivity index (χ4v) is 2.98. The van der Waals surface area contributed by atoms with Gasteiger partial charge in [-0.15, -0.1) is 0 Å². The van der Waals surface area contributed by atoms with Crippen LogP contribution in [0.5, 0.6) is 0 Å². The summed E-state index contributed by atoms with van der Waals surface area (Å²) in [7, 11) is 0. The third-order valence-corrected chi connectivity index (χ3v) is 4.05. The van der Waals surface area contributed by atoms with Gasteiger partial charge in [-0.2, -0.15) is 0 Å². The molecule has 2 aromatic rings. The van der Waals surface area contributed by atoms with E-state index in [1.54, 1.807) is 6.26 Å². The van der Waals surface area contributed by atoms with Gasteiger partial charge in [0.1, 0.15) is 5.76 Å². The van der Waals surface area contributed by atoms with Gasteiger partial charge < -0.3 is 4.42 Å². The zero-order valence-electron chi connectivity index (χ0n) is 11.2. The van der Waals surface area contributed by atoms with Gasteiger partial charge in [-0.05, 0) is 36.5 Å². The van der Waals surface area contributed by atoms with Crippen molar-refractivity contribution in [3.8, 4) is 0 Å². The van der Waals surface area contributed by atoms with Crippen molar-refractivity contribution in [3.05, 3.63) is 59.0 Å². The van der Waals surface area contributed by atoms with E-state index in [2.05, 4.69) is 24.3 Å². The Morgan fingerprint density at radius 1 is 1.26 bits per heavy atom. The first-order chi connectivity index (χ1) is 9.29. The molecule has 0 N–H and O–H groups in total. The molecule has 2 heteroatoms. The third kappa shape index (κ3) is 2.23. The first-order valence-corrected chi connectivity index (χ1v) is 6.97. The summed E-state index contributed by atoms with van der Waals surface area (Å²) in [6.07, 6.45) is 5.22. The number of hydrogen-bond acceptors (Lipinski definition) is 2. The number of Topliss-reactive ketones (excluding diaryl/α,β-unsaturated/α-hetero) is 1. The number of ketones is 1. The van der Waals surface area contributed by atoms with Gasteiger partial charge in [0.25, 0.3) is 0 Å². The fourth-order valence-electron chi connectivity index (χ4n) is 2.98. The largest absolute Gasteiger partial charge is 0.469 e. The first-order valence-electron chi connectivity index (χ1n) is 6.97. The molecule has 0 radical (unpaired) electrons. The molecule has 0 saturated carbocycles. The molecule has 1 unspecified atom stereocenters. The van der Waals surface area contributed by atoms with Crippen molar-refractivity contribution in [1.82, 2.24) is 0 Å². The zero-order chi connectivity index (χ0) is 13.2. The highest BCUT2D eigenvalue weighted by atomic mass is 16.3. The maximum Gasteiger partial charge on any atom is 0.169 e. The van der Waals surface area contributed by atoms with Crippen molar-refractivity contribution < 1.29 is 9.21 Å². The Labute approximate surface area is 113 Å². The van der Waals surface area contributed by atoms with Crippen molar-refractivity contribution in [3.63, 3.8) is 0 Å². The van der Waals surface area contributed by atoms with Gasteiger partial charge in [0, 0.05) is 12.3 Å². The lowest BCUT2D eigenvalue weighted by atomic mass is 9.80. The topological polar surface area (TPSA) is 30.2 Å². The molecule has 0 amide bonds. The minimum absolute atomic E-state index is 0.109. The average Bonchev–Trinajstić information content (AvgIpc) is 2.94. The van der Waals surface area contributed by atoms with E-state index in [1.165, 1.54) is 11.1 Å². The predicted octanol–water partition coefficient (Wildman–Crippen LogP) is 3.83. The quantitative estimate of drug-likeness (QED) is 0.779. The van der Waals surface area contributed by atoms with Crippen LogP contribution in [0.3, 0.4) is 0 Å². The highest BCUT2D eigenvalue weighted by Gasteiger charge is 2.27. The van der Waals surface area contributed by atoms with Gasteiger partial charge in [0.05, 0.1) is 11.8 Å². The van der Waals surface area contributed by atoms with Gasteiger partial charge in [-0.1, -0.05) is 31.2 Å². The van der Waals surface area contributed by atoms with E-state index in [1.807, 2.05) is 13.0 Å². The Morgan fingerprint density at radius 2 is 2.05 bits per heavy atom. The Bertz CT molecular complexity index is 595. The van der Waals surface area contributed by atoms with Crippen LogP contribution in [0.15, 0.2) is 41.0 Å². The molecule has 0 aliphatic heterocycles. The summed E-state index contributed by atoms with van der Waals surface area (Å²) in [5.41, 5.74) is 3.51. The molecule has 0 spiro atoms. The van der Waals surface area contributed by atoms with Crippen LogP contribution in [0.4, 0.5) is 0 Å². The molecule has 2 nitrogen and oxygen atoms in total. The molecule has 98 valence electrons. The first kappa shape index (κ1) is 12.2. The van der Waals surface area contributed by atoms with Gasteiger partial charge in [-0.3, -0.25) is 4.79 Å². The Hall–Kier alpha value is -1.83. The zero-order valence-corrected chi connectivity index (χ0v) is 11.2. The van der Waals surface area contributed by atoms with Crippen LogP contribution in [0.25, 0.3) is 0 Å². The van der Waals surface area contributed by atoms with Crippen molar-refractivity contribution >= 4 is 5.78 Å². The highest BCUT2D eigenvalue weighted by molar-refractivity contribution is 5.99. The van der Waals surface area contributed by atoms with E-state index < -0.39 is 0 Å². The Kier molecular flexibility index (Phi) is 3.24. The van der Waals surface area contributed by atoms with Gasteiger partial charge in [0.15, 0.2) is 5.78 Å². The molecule has 0 saturated heterocycles. The van der Waals surface area contributed by atoms with Crippen LogP contribution >= 0.6 is 0 Å². The van der Waals surface area contributed by atoms with Crippen LogP contribution < -0.4 is 0 Å². The van der Waals surface area contributed by atoms with E-state index in [0.29, 0.717) is 0 Å². The van der Waals surface area contributed by atoms with E-state index in [9.17, 15) is 4.79 Å². The monoisotopic (exact) mass is 254 g/mol. The van der Waals surface area contributed by atoms with E-state index in [0.717, 1.165) is 37.0 Å². The number of benzene rings is 1. The van der Waals surface area contributed by atoms with E-state index in [-0.39, 0.29) is 11.7 Å². The molecule has 1 aromatic heterocycles. The number of fused-ring (bicyclic) bond motifs is 1. The van der Waals surface area contributed by atoms with Crippen molar-refractivity contribution in [1.29, 1.82) is 0 Å². The lowest BCUT2D eigenvalue weighted by molar-refractivity contribution is 0.0906. The normalized spacial score (nSPS) is 18.1.